The summed E-state index contributed by atoms with van der Waals surface area (Å²) in [6.07, 6.45) is 3.55. The molecule has 102 valence electrons. The number of hydrogen-bond donors (Lipinski definition) is 1. The van der Waals surface area contributed by atoms with E-state index in [4.69, 9.17) is 9.72 Å². The van der Waals surface area contributed by atoms with Gasteiger partial charge in [0.1, 0.15) is 11.6 Å². The van der Waals surface area contributed by atoms with Crippen molar-refractivity contribution in [3.05, 3.63) is 24.0 Å². The first-order valence-electron chi connectivity index (χ1n) is 7.09. The van der Waals surface area contributed by atoms with Gasteiger partial charge in [-0.2, -0.15) is 0 Å². The molecule has 1 aromatic heterocycles. The molecule has 19 heavy (non-hydrogen) atoms. The van der Waals surface area contributed by atoms with Gasteiger partial charge in [-0.1, -0.05) is 6.92 Å². The minimum Gasteiger partial charge on any atom is -0.497 e. The fourth-order valence-corrected chi connectivity index (χ4v) is 2.55. The molecule has 0 radical (unpaired) electrons. The summed E-state index contributed by atoms with van der Waals surface area (Å²) in [5.41, 5.74) is 2.30. The highest BCUT2D eigenvalue weighted by Gasteiger charge is 2.27. The van der Waals surface area contributed by atoms with Crippen LogP contribution in [-0.4, -0.2) is 29.8 Å². The predicted molar refractivity (Wildman–Crippen MR) is 76.8 cm³/mol. The number of ether oxygens (including phenoxy) is 1. The number of likely N-dealkylation sites (N-methyl/N-ethyl adjacent to an activating group) is 1. The number of imidazole rings is 1. The predicted octanol–water partition coefficient (Wildman–Crippen LogP) is 2.53. The minimum atomic E-state index is 0.662. The Bertz CT molecular complexity index is 572. The summed E-state index contributed by atoms with van der Waals surface area (Å²) in [5.74, 6) is 2.08. The Labute approximate surface area is 113 Å². The van der Waals surface area contributed by atoms with E-state index >= 15 is 0 Å². The Hall–Kier alpha value is -1.55. The van der Waals surface area contributed by atoms with Crippen molar-refractivity contribution in [3.8, 4) is 5.75 Å². The fourth-order valence-electron chi connectivity index (χ4n) is 2.55. The number of hydrogen-bond acceptors (Lipinski definition) is 3. The Morgan fingerprint density at radius 3 is 2.95 bits per heavy atom. The average Bonchev–Trinajstić information content (AvgIpc) is 3.20. The number of benzene rings is 1. The molecule has 0 spiro atoms. The zero-order valence-electron chi connectivity index (χ0n) is 11.6. The quantitative estimate of drug-likeness (QED) is 0.810. The molecule has 1 aliphatic rings. The first-order valence-corrected chi connectivity index (χ1v) is 7.09. The molecule has 1 N–H and O–H groups in total. The highest BCUT2D eigenvalue weighted by atomic mass is 16.5. The summed E-state index contributed by atoms with van der Waals surface area (Å²) in [4.78, 5) is 4.80. The highest BCUT2D eigenvalue weighted by molar-refractivity contribution is 5.78. The van der Waals surface area contributed by atoms with Crippen LogP contribution in [0.25, 0.3) is 11.0 Å². The lowest BCUT2D eigenvalue weighted by Gasteiger charge is -2.08. The van der Waals surface area contributed by atoms with Crippen LogP contribution in [0.4, 0.5) is 0 Å². The molecule has 1 aliphatic carbocycles. The van der Waals surface area contributed by atoms with Crippen molar-refractivity contribution in [2.45, 2.75) is 32.2 Å². The molecular weight excluding hydrogens is 238 g/mol. The second kappa shape index (κ2) is 5.21. The number of nitrogens with one attached hydrogen (secondary N) is 1. The summed E-state index contributed by atoms with van der Waals surface area (Å²) in [5, 5.41) is 3.37. The van der Waals surface area contributed by atoms with Gasteiger partial charge in [0.2, 0.25) is 0 Å². The van der Waals surface area contributed by atoms with Crippen molar-refractivity contribution in [3.63, 3.8) is 0 Å². The van der Waals surface area contributed by atoms with Crippen molar-refractivity contribution in [1.29, 1.82) is 0 Å². The molecule has 0 unspecified atom stereocenters. The van der Waals surface area contributed by atoms with Crippen LogP contribution in [0.2, 0.25) is 0 Å². The van der Waals surface area contributed by atoms with Gasteiger partial charge >= 0.3 is 0 Å². The summed E-state index contributed by atoms with van der Waals surface area (Å²) in [7, 11) is 1.70. The van der Waals surface area contributed by atoms with Gasteiger partial charge in [-0.3, -0.25) is 0 Å². The van der Waals surface area contributed by atoms with E-state index in [9.17, 15) is 0 Å². The van der Waals surface area contributed by atoms with Crippen molar-refractivity contribution >= 4 is 11.0 Å². The second-order valence-corrected chi connectivity index (χ2v) is 5.09. The van der Waals surface area contributed by atoms with E-state index in [1.165, 1.54) is 24.2 Å². The van der Waals surface area contributed by atoms with E-state index < -0.39 is 0 Å². The van der Waals surface area contributed by atoms with Gasteiger partial charge in [0.25, 0.3) is 0 Å². The number of rotatable bonds is 6. The van der Waals surface area contributed by atoms with Crippen LogP contribution in [0.3, 0.4) is 0 Å². The number of aromatic nitrogens is 2. The number of fused-ring (bicyclic) bond motifs is 1. The summed E-state index contributed by atoms with van der Waals surface area (Å²) < 4.78 is 7.71. The summed E-state index contributed by atoms with van der Waals surface area (Å²) in [6.45, 7) is 4.13. The van der Waals surface area contributed by atoms with E-state index in [-0.39, 0.29) is 0 Å². The van der Waals surface area contributed by atoms with Gasteiger partial charge in [-0.05, 0) is 31.5 Å². The first kappa shape index (κ1) is 12.5. The normalized spacial score (nSPS) is 15.1. The molecule has 0 saturated heterocycles. The van der Waals surface area contributed by atoms with Crippen LogP contribution in [-0.2, 0) is 6.42 Å². The van der Waals surface area contributed by atoms with Crippen LogP contribution in [0.15, 0.2) is 18.2 Å². The molecule has 2 aromatic rings. The third kappa shape index (κ3) is 2.45. The maximum atomic E-state index is 5.28. The average molecular weight is 259 g/mol. The number of methoxy groups -OCH3 is 1. The Morgan fingerprint density at radius 1 is 1.42 bits per heavy atom. The van der Waals surface area contributed by atoms with E-state index in [0.717, 1.165) is 30.8 Å². The maximum absolute atomic E-state index is 5.28. The maximum Gasteiger partial charge on any atom is 0.121 e. The van der Waals surface area contributed by atoms with Gasteiger partial charge in [-0.15, -0.1) is 0 Å². The third-order valence-electron chi connectivity index (χ3n) is 3.66. The van der Waals surface area contributed by atoms with Gasteiger partial charge in [-0.25, -0.2) is 4.98 Å². The highest BCUT2D eigenvalue weighted by Crippen LogP contribution is 2.39. The number of nitrogens with zero attached hydrogens (tertiary/aromatic N) is 2. The van der Waals surface area contributed by atoms with Crippen LogP contribution in [0, 0.1) is 0 Å². The third-order valence-corrected chi connectivity index (χ3v) is 3.66. The van der Waals surface area contributed by atoms with Crippen LogP contribution < -0.4 is 10.1 Å². The Kier molecular flexibility index (Phi) is 3.42. The molecule has 0 aliphatic heterocycles. The molecule has 0 bridgehead atoms. The summed E-state index contributed by atoms with van der Waals surface area (Å²) >= 11 is 0. The van der Waals surface area contributed by atoms with Crippen molar-refractivity contribution in [1.82, 2.24) is 14.9 Å². The molecule has 1 heterocycles. The van der Waals surface area contributed by atoms with E-state index in [1.807, 2.05) is 12.1 Å². The fraction of sp³-hybridized carbons (Fsp3) is 0.533. The van der Waals surface area contributed by atoms with Crippen molar-refractivity contribution in [2.24, 2.45) is 0 Å². The topological polar surface area (TPSA) is 39.1 Å². The van der Waals surface area contributed by atoms with E-state index in [0.29, 0.717) is 6.04 Å². The lowest BCUT2D eigenvalue weighted by molar-refractivity contribution is 0.415. The lowest BCUT2D eigenvalue weighted by Crippen LogP contribution is -2.18. The van der Waals surface area contributed by atoms with Crippen molar-refractivity contribution in [2.75, 3.05) is 20.2 Å². The molecule has 0 amide bonds. The monoisotopic (exact) mass is 259 g/mol. The standard InChI is InChI=1S/C15H21N3O/c1-3-16-9-8-15-17-13-10-12(19-2)6-7-14(13)18(15)11-4-5-11/h6-7,10-11,16H,3-5,8-9H2,1-2H3. The first-order chi connectivity index (χ1) is 9.33. The smallest absolute Gasteiger partial charge is 0.121 e. The van der Waals surface area contributed by atoms with Gasteiger partial charge in [0.05, 0.1) is 18.1 Å². The van der Waals surface area contributed by atoms with E-state index in [2.05, 4.69) is 22.9 Å². The zero-order valence-corrected chi connectivity index (χ0v) is 11.6. The Morgan fingerprint density at radius 2 is 2.26 bits per heavy atom. The minimum absolute atomic E-state index is 0.662. The van der Waals surface area contributed by atoms with E-state index in [1.54, 1.807) is 7.11 Å². The van der Waals surface area contributed by atoms with Gasteiger partial charge < -0.3 is 14.6 Å². The van der Waals surface area contributed by atoms with Crippen LogP contribution in [0.5, 0.6) is 5.75 Å². The van der Waals surface area contributed by atoms with Gasteiger partial charge in [0.15, 0.2) is 0 Å². The SMILES string of the molecule is CCNCCc1nc2cc(OC)ccc2n1C1CC1. The largest absolute Gasteiger partial charge is 0.497 e. The molecule has 4 heteroatoms. The molecule has 1 fully saturated rings. The van der Waals surface area contributed by atoms with Crippen molar-refractivity contribution < 1.29 is 4.74 Å². The molecule has 1 saturated carbocycles. The second-order valence-electron chi connectivity index (χ2n) is 5.09. The molecule has 3 rings (SSSR count). The lowest BCUT2D eigenvalue weighted by atomic mass is 10.3. The molecule has 1 aromatic carbocycles. The molecule has 0 atom stereocenters. The van der Waals surface area contributed by atoms with Crippen LogP contribution in [0.1, 0.15) is 31.6 Å². The van der Waals surface area contributed by atoms with Gasteiger partial charge in [0, 0.05) is 25.1 Å². The van der Waals surface area contributed by atoms with Crippen LogP contribution >= 0.6 is 0 Å². The zero-order chi connectivity index (χ0) is 13.2. The Balaban J connectivity index is 1.97. The summed E-state index contributed by atoms with van der Waals surface area (Å²) in [6, 6.07) is 6.85. The molecular formula is C15H21N3O. The molecule has 4 nitrogen and oxygen atoms in total.